The maximum Gasteiger partial charge on any atom is 0.0843 e. The van der Waals surface area contributed by atoms with E-state index in [0.717, 1.165) is 42.2 Å². The zero-order valence-corrected chi connectivity index (χ0v) is 10.8. The Morgan fingerprint density at radius 3 is 2.82 bits per heavy atom. The summed E-state index contributed by atoms with van der Waals surface area (Å²) in [6.45, 7) is 4.38. The van der Waals surface area contributed by atoms with Crippen molar-refractivity contribution in [3.05, 3.63) is 28.8 Å². The summed E-state index contributed by atoms with van der Waals surface area (Å²) in [6.07, 6.45) is 1.58. The van der Waals surface area contributed by atoms with Crippen molar-refractivity contribution < 1.29 is 5.11 Å². The summed E-state index contributed by atoms with van der Waals surface area (Å²) >= 11 is 5.96. The summed E-state index contributed by atoms with van der Waals surface area (Å²) in [5.74, 6) is 0. The highest BCUT2D eigenvalue weighted by molar-refractivity contribution is 6.30. The average Bonchev–Trinajstić information content (AvgIpc) is 2.31. The van der Waals surface area contributed by atoms with Crippen LogP contribution in [0.1, 0.15) is 18.4 Å². The molecule has 0 aromatic heterocycles. The normalized spacial score (nSPS) is 19.0. The van der Waals surface area contributed by atoms with E-state index in [0.29, 0.717) is 6.54 Å². The predicted molar refractivity (Wildman–Crippen MR) is 71.7 cm³/mol. The Labute approximate surface area is 107 Å². The molecule has 94 valence electrons. The first kappa shape index (κ1) is 12.7. The first-order valence-corrected chi connectivity index (χ1v) is 6.40. The minimum absolute atomic E-state index is 0.579. The van der Waals surface area contributed by atoms with Gasteiger partial charge in [0, 0.05) is 17.3 Å². The van der Waals surface area contributed by atoms with E-state index in [-0.39, 0.29) is 0 Å². The van der Waals surface area contributed by atoms with Crippen LogP contribution >= 0.6 is 11.6 Å². The lowest BCUT2D eigenvalue weighted by Crippen LogP contribution is -2.46. The van der Waals surface area contributed by atoms with E-state index >= 15 is 0 Å². The first-order chi connectivity index (χ1) is 8.09. The van der Waals surface area contributed by atoms with Crippen LogP contribution in [0.3, 0.4) is 0 Å². The second-order valence-electron chi connectivity index (χ2n) is 4.79. The molecule has 0 radical (unpaired) electrons. The monoisotopic (exact) mass is 254 g/mol. The molecule has 0 bridgehead atoms. The Morgan fingerprint density at radius 2 is 2.12 bits per heavy atom. The molecule has 0 spiro atoms. The summed E-state index contributed by atoms with van der Waals surface area (Å²) in [7, 11) is 0. The number of anilines is 1. The fraction of sp³-hybridized carbons (Fsp3) is 0.538. The topological polar surface area (TPSA) is 44.3 Å². The molecule has 1 aliphatic rings. The molecule has 0 aliphatic carbocycles. The van der Waals surface area contributed by atoms with Crippen LogP contribution in [0.2, 0.25) is 5.02 Å². The largest absolute Gasteiger partial charge is 0.388 e. The van der Waals surface area contributed by atoms with Gasteiger partial charge in [0.2, 0.25) is 0 Å². The lowest BCUT2D eigenvalue weighted by Gasteiger charge is -2.33. The van der Waals surface area contributed by atoms with Crippen molar-refractivity contribution in [2.75, 3.05) is 25.0 Å². The maximum absolute atomic E-state index is 10.4. The van der Waals surface area contributed by atoms with E-state index in [4.69, 9.17) is 11.6 Å². The molecule has 0 atom stereocenters. The lowest BCUT2D eigenvalue weighted by atomic mass is 9.92. The molecule has 0 amide bonds. The minimum Gasteiger partial charge on any atom is -0.388 e. The van der Waals surface area contributed by atoms with Gasteiger partial charge in [-0.2, -0.15) is 0 Å². The third kappa shape index (κ3) is 3.35. The van der Waals surface area contributed by atoms with Gasteiger partial charge >= 0.3 is 0 Å². The summed E-state index contributed by atoms with van der Waals surface area (Å²) < 4.78 is 0. The van der Waals surface area contributed by atoms with Crippen molar-refractivity contribution >= 4 is 17.3 Å². The van der Waals surface area contributed by atoms with Crippen LogP contribution in [0.4, 0.5) is 5.69 Å². The molecular formula is C13H19ClN2O. The highest BCUT2D eigenvalue weighted by Gasteiger charge is 2.28. The third-order valence-electron chi connectivity index (χ3n) is 3.34. The van der Waals surface area contributed by atoms with E-state index in [2.05, 4.69) is 10.6 Å². The number of hydrogen-bond donors (Lipinski definition) is 3. The van der Waals surface area contributed by atoms with Gasteiger partial charge in [-0.3, -0.25) is 0 Å². The van der Waals surface area contributed by atoms with Gasteiger partial charge in [-0.15, -0.1) is 0 Å². The van der Waals surface area contributed by atoms with Crippen molar-refractivity contribution in [3.8, 4) is 0 Å². The van der Waals surface area contributed by atoms with E-state index in [1.807, 2.05) is 25.1 Å². The lowest BCUT2D eigenvalue weighted by molar-refractivity contribution is 0.0232. The van der Waals surface area contributed by atoms with Gasteiger partial charge in [0.05, 0.1) is 5.60 Å². The van der Waals surface area contributed by atoms with Crippen LogP contribution < -0.4 is 10.6 Å². The van der Waals surface area contributed by atoms with E-state index in [9.17, 15) is 5.11 Å². The molecule has 2 rings (SSSR count). The van der Waals surface area contributed by atoms with E-state index in [1.54, 1.807) is 0 Å². The standard InChI is InChI=1S/C13H19ClN2O/c1-10-2-3-11(14)8-12(10)16-9-13(17)4-6-15-7-5-13/h2-3,8,15-17H,4-7,9H2,1H3. The molecule has 4 heteroatoms. The third-order valence-corrected chi connectivity index (χ3v) is 3.58. The van der Waals surface area contributed by atoms with E-state index in [1.165, 1.54) is 0 Å². The van der Waals surface area contributed by atoms with Crippen LogP contribution in [0.15, 0.2) is 18.2 Å². The van der Waals surface area contributed by atoms with Gasteiger partial charge in [0.25, 0.3) is 0 Å². The Bertz CT molecular complexity index is 389. The van der Waals surface area contributed by atoms with Gasteiger partial charge < -0.3 is 15.7 Å². The Balaban J connectivity index is 1.99. The summed E-state index contributed by atoms with van der Waals surface area (Å²) in [6, 6.07) is 5.76. The van der Waals surface area contributed by atoms with Gasteiger partial charge in [0.15, 0.2) is 0 Å². The first-order valence-electron chi connectivity index (χ1n) is 6.02. The number of halogens is 1. The molecular weight excluding hydrogens is 236 g/mol. The fourth-order valence-electron chi connectivity index (χ4n) is 2.11. The minimum atomic E-state index is -0.597. The van der Waals surface area contributed by atoms with Crippen molar-refractivity contribution in [3.63, 3.8) is 0 Å². The number of rotatable bonds is 3. The van der Waals surface area contributed by atoms with Gasteiger partial charge in [-0.05, 0) is 50.6 Å². The van der Waals surface area contributed by atoms with Gasteiger partial charge in [-0.1, -0.05) is 17.7 Å². The van der Waals surface area contributed by atoms with Crippen LogP contribution in [0, 0.1) is 6.92 Å². The second-order valence-corrected chi connectivity index (χ2v) is 5.22. The summed E-state index contributed by atoms with van der Waals surface area (Å²) in [5.41, 5.74) is 1.55. The zero-order valence-electron chi connectivity index (χ0n) is 10.1. The molecule has 1 fully saturated rings. The molecule has 1 heterocycles. The molecule has 17 heavy (non-hydrogen) atoms. The Hall–Kier alpha value is -0.770. The van der Waals surface area contributed by atoms with Crippen molar-refractivity contribution in [1.29, 1.82) is 0 Å². The number of piperidine rings is 1. The summed E-state index contributed by atoms with van der Waals surface area (Å²) in [5, 5.41) is 17.6. The maximum atomic E-state index is 10.4. The SMILES string of the molecule is Cc1ccc(Cl)cc1NCC1(O)CCNCC1. The van der Waals surface area contributed by atoms with Crippen LogP contribution in [-0.4, -0.2) is 30.3 Å². The molecule has 0 saturated carbocycles. The molecule has 1 aliphatic heterocycles. The van der Waals surface area contributed by atoms with Crippen LogP contribution in [0.5, 0.6) is 0 Å². The Morgan fingerprint density at radius 1 is 1.41 bits per heavy atom. The number of nitrogens with one attached hydrogen (secondary N) is 2. The molecule has 3 nitrogen and oxygen atoms in total. The quantitative estimate of drug-likeness (QED) is 0.775. The van der Waals surface area contributed by atoms with Gasteiger partial charge in [0.1, 0.15) is 0 Å². The number of aliphatic hydroxyl groups is 1. The van der Waals surface area contributed by atoms with Crippen molar-refractivity contribution in [2.45, 2.75) is 25.4 Å². The zero-order chi connectivity index (χ0) is 12.3. The average molecular weight is 255 g/mol. The van der Waals surface area contributed by atoms with Crippen molar-refractivity contribution in [1.82, 2.24) is 5.32 Å². The fourth-order valence-corrected chi connectivity index (χ4v) is 2.29. The van der Waals surface area contributed by atoms with E-state index < -0.39 is 5.60 Å². The van der Waals surface area contributed by atoms with Gasteiger partial charge in [-0.25, -0.2) is 0 Å². The number of aryl methyl sites for hydroxylation is 1. The highest BCUT2D eigenvalue weighted by Crippen LogP contribution is 2.23. The molecule has 3 N–H and O–H groups in total. The van der Waals surface area contributed by atoms with Crippen molar-refractivity contribution in [2.24, 2.45) is 0 Å². The highest BCUT2D eigenvalue weighted by atomic mass is 35.5. The second kappa shape index (κ2) is 5.25. The Kier molecular flexibility index (Phi) is 3.92. The molecule has 1 aromatic rings. The smallest absolute Gasteiger partial charge is 0.0843 e. The predicted octanol–water partition coefficient (Wildman–Crippen LogP) is 2.17. The number of benzene rings is 1. The van der Waals surface area contributed by atoms with Crippen LogP contribution in [-0.2, 0) is 0 Å². The molecule has 0 unspecified atom stereocenters. The number of hydrogen-bond acceptors (Lipinski definition) is 3. The molecule has 1 aromatic carbocycles. The summed E-state index contributed by atoms with van der Waals surface area (Å²) in [4.78, 5) is 0. The molecule has 1 saturated heterocycles. The van der Waals surface area contributed by atoms with Crippen LogP contribution in [0.25, 0.3) is 0 Å².